The summed E-state index contributed by atoms with van der Waals surface area (Å²) in [5, 5.41) is 3.62. The molecule has 0 bridgehead atoms. The Morgan fingerprint density at radius 1 is 1.29 bits per heavy atom. The minimum atomic E-state index is 0.457. The highest BCUT2D eigenvalue weighted by Crippen LogP contribution is 2.20. The molecule has 0 spiro atoms. The fourth-order valence-electron chi connectivity index (χ4n) is 3.04. The molecule has 2 rings (SSSR count). The van der Waals surface area contributed by atoms with E-state index in [2.05, 4.69) is 24.4 Å². The zero-order valence-electron chi connectivity index (χ0n) is 13.4. The van der Waals surface area contributed by atoms with E-state index in [0.717, 1.165) is 31.7 Å². The number of rotatable bonds is 8. The molecule has 0 saturated carbocycles. The maximum Gasteiger partial charge on any atom is 0.118 e. The van der Waals surface area contributed by atoms with Gasteiger partial charge in [-0.1, -0.05) is 19.1 Å². The highest BCUT2D eigenvalue weighted by molar-refractivity contribution is 5.27. The molecule has 1 saturated heterocycles. The molecule has 1 aliphatic heterocycles. The van der Waals surface area contributed by atoms with E-state index in [9.17, 15) is 0 Å². The molecule has 3 heteroatoms. The second kappa shape index (κ2) is 9.06. The summed E-state index contributed by atoms with van der Waals surface area (Å²) in [7, 11) is 1.71. The highest BCUT2D eigenvalue weighted by atomic mass is 16.5. The molecule has 21 heavy (non-hydrogen) atoms. The molecular formula is C18H29NO2. The van der Waals surface area contributed by atoms with Crippen molar-refractivity contribution in [3.63, 3.8) is 0 Å². The van der Waals surface area contributed by atoms with Crippen LogP contribution in [0.5, 0.6) is 5.75 Å². The van der Waals surface area contributed by atoms with Crippen molar-refractivity contribution >= 4 is 0 Å². The third-order valence-corrected chi connectivity index (χ3v) is 4.25. The van der Waals surface area contributed by atoms with Crippen molar-refractivity contribution in [1.29, 1.82) is 0 Å². The van der Waals surface area contributed by atoms with Crippen molar-refractivity contribution in [2.24, 2.45) is 0 Å². The second-order valence-corrected chi connectivity index (χ2v) is 5.87. The molecule has 1 heterocycles. The molecule has 0 aliphatic carbocycles. The van der Waals surface area contributed by atoms with Crippen LogP contribution in [0.25, 0.3) is 0 Å². The Morgan fingerprint density at radius 2 is 2.10 bits per heavy atom. The van der Waals surface area contributed by atoms with Gasteiger partial charge in [0.1, 0.15) is 5.75 Å². The molecule has 3 nitrogen and oxygen atoms in total. The van der Waals surface area contributed by atoms with Crippen LogP contribution in [0.4, 0.5) is 0 Å². The van der Waals surface area contributed by atoms with Gasteiger partial charge in [0.05, 0.1) is 13.2 Å². The smallest absolute Gasteiger partial charge is 0.118 e. The zero-order valence-corrected chi connectivity index (χ0v) is 13.4. The fraction of sp³-hybridized carbons (Fsp3) is 0.667. The Bertz CT molecular complexity index is 385. The van der Waals surface area contributed by atoms with Crippen LogP contribution >= 0.6 is 0 Å². The fourth-order valence-corrected chi connectivity index (χ4v) is 3.04. The average Bonchev–Trinajstić information content (AvgIpc) is 2.54. The second-order valence-electron chi connectivity index (χ2n) is 5.87. The molecule has 2 atom stereocenters. The number of hydrogen-bond acceptors (Lipinski definition) is 3. The van der Waals surface area contributed by atoms with E-state index in [1.165, 1.54) is 31.2 Å². The van der Waals surface area contributed by atoms with Crippen LogP contribution in [0, 0.1) is 0 Å². The summed E-state index contributed by atoms with van der Waals surface area (Å²) in [5.41, 5.74) is 1.38. The van der Waals surface area contributed by atoms with Crippen LogP contribution in [0.3, 0.4) is 0 Å². The van der Waals surface area contributed by atoms with E-state index in [4.69, 9.17) is 9.47 Å². The summed E-state index contributed by atoms with van der Waals surface area (Å²) in [6, 6.07) is 8.97. The summed E-state index contributed by atoms with van der Waals surface area (Å²) in [5.74, 6) is 0.928. The van der Waals surface area contributed by atoms with Gasteiger partial charge in [0, 0.05) is 12.6 Å². The molecule has 0 aromatic heterocycles. The Hall–Kier alpha value is -1.06. The van der Waals surface area contributed by atoms with Gasteiger partial charge in [-0.25, -0.2) is 0 Å². The monoisotopic (exact) mass is 291 g/mol. The maximum absolute atomic E-state index is 5.88. The number of aryl methyl sites for hydroxylation is 1. The van der Waals surface area contributed by atoms with Crippen molar-refractivity contribution in [1.82, 2.24) is 5.32 Å². The SMILES string of the molecule is CCNC(CCc1ccc(OC)cc1)CC1CCCCO1. The van der Waals surface area contributed by atoms with Gasteiger partial charge in [0.2, 0.25) is 0 Å². The number of nitrogens with one attached hydrogen (secondary N) is 1. The van der Waals surface area contributed by atoms with Crippen molar-refractivity contribution in [2.75, 3.05) is 20.3 Å². The lowest BCUT2D eigenvalue weighted by molar-refractivity contribution is 0.00484. The number of methoxy groups -OCH3 is 1. The summed E-state index contributed by atoms with van der Waals surface area (Å²) >= 11 is 0. The normalized spacial score (nSPS) is 20.2. The summed E-state index contributed by atoms with van der Waals surface area (Å²) in [6.45, 7) is 4.16. The van der Waals surface area contributed by atoms with E-state index in [1.54, 1.807) is 7.11 Å². The standard InChI is InChI=1S/C18H29NO2/c1-3-19-16(14-18-6-4-5-13-21-18)10-7-15-8-11-17(20-2)12-9-15/h8-9,11-12,16,18-19H,3-7,10,13-14H2,1-2H3. The third kappa shape index (κ3) is 5.68. The summed E-state index contributed by atoms with van der Waals surface area (Å²) in [6.07, 6.45) is 7.65. The Kier molecular flexibility index (Phi) is 7.04. The Labute approximate surface area is 129 Å². The van der Waals surface area contributed by atoms with E-state index in [-0.39, 0.29) is 0 Å². The molecule has 1 aromatic carbocycles. The van der Waals surface area contributed by atoms with E-state index >= 15 is 0 Å². The topological polar surface area (TPSA) is 30.5 Å². The van der Waals surface area contributed by atoms with Crippen molar-refractivity contribution < 1.29 is 9.47 Å². The Morgan fingerprint density at radius 3 is 2.71 bits per heavy atom. The van der Waals surface area contributed by atoms with E-state index in [0.29, 0.717) is 12.1 Å². The van der Waals surface area contributed by atoms with Gasteiger partial charge < -0.3 is 14.8 Å². The first-order chi connectivity index (χ1) is 10.3. The number of benzene rings is 1. The molecule has 1 fully saturated rings. The van der Waals surface area contributed by atoms with E-state index < -0.39 is 0 Å². The lowest BCUT2D eigenvalue weighted by Gasteiger charge is -2.27. The van der Waals surface area contributed by atoms with Crippen molar-refractivity contribution in [2.45, 2.75) is 57.6 Å². The molecule has 1 aliphatic rings. The van der Waals surface area contributed by atoms with Crippen LogP contribution in [-0.4, -0.2) is 32.4 Å². The van der Waals surface area contributed by atoms with Crippen molar-refractivity contribution in [3.05, 3.63) is 29.8 Å². The Balaban J connectivity index is 1.80. The molecule has 0 amide bonds. The largest absolute Gasteiger partial charge is 0.497 e. The molecule has 118 valence electrons. The van der Waals surface area contributed by atoms with Gasteiger partial charge in [-0.15, -0.1) is 0 Å². The zero-order chi connectivity index (χ0) is 14.9. The maximum atomic E-state index is 5.88. The molecule has 1 aromatic rings. The van der Waals surface area contributed by atoms with E-state index in [1.807, 2.05) is 12.1 Å². The van der Waals surface area contributed by atoms with Crippen LogP contribution in [0.2, 0.25) is 0 Å². The highest BCUT2D eigenvalue weighted by Gasteiger charge is 2.18. The minimum absolute atomic E-state index is 0.457. The molecule has 2 unspecified atom stereocenters. The first kappa shape index (κ1) is 16.3. The van der Waals surface area contributed by atoms with Crippen molar-refractivity contribution in [3.8, 4) is 5.75 Å². The van der Waals surface area contributed by atoms with Gasteiger partial charge in [-0.2, -0.15) is 0 Å². The summed E-state index contributed by atoms with van der Waals surface area (Å²) < 4.78 is 11.1. The van der Waals surface area contributed by atoms with Gasteiger partial charge in [0.15, 0.2) is 0 Å². The first-order valence-electron chi connectivity index (χ1n) is 8.29. The lowest BCUT2D eigenvalue weighted by Crippen LogP contribution is -2.35. The van der Waals surface area contributed by atoms with Gasteiger partial charge >= 0.3 is 0 Å². The number of ether oxygens (including phenoxy) is 2. The van der Waals surface area contributed by atoms with Crippen LogP contribution < -0.4 is 10.1 Å². The van der Waals surface area contributed by atoms with Gasteiger partial charge in [-0.05, 0) is 62.8 Å². The quantitative estimate of drug-likeness (QED) is 0.794. The number of hydrogen-bond donors (Lipinski definition) is 1. The summed E-state index contributed by atoms with van der Waals surface area (Å²) in [4.78, 5) is 0. The third-order valence-electron chi connectivity index (χ3n) is 4.25. The molecule has 0 radical (unpaired) electrons. The van der Waals surface area contributed by atoms with Gasteiger partial charge in [-0.3, -0.25) is 0 Å². The predicted octanol–water partition coefficient (Wildman–Crippen LogP) is 3.57. The first-order valence-corrected chi connectivity index (χ1v) is 8.29. The average molecular weight is 291 g/mol. The molecular weight excluding hydrogens is 262 g/mol. The lowest BCUT2D eigenvalue weighted by atomic mass is 9.97. The predicted molar refractivity (Wildman–Crippen MR) is 87.0 cm³/mol. The van der Waals surface area contributed by atoms with Crippen LogP contribution in [0.1, 0.15) is 44.6 Å². The van der Waals surface area contributed by atoms with Gasteiger partial charge in [0.25, 0.3) is 0 Å². The minimum Gasteiger partial charge on any atom is -0.497 e. The van der Waals surface area contributed by atoms with Crippen LogP contribution in [0.15, 0.2) is 24.3 Å². The molecule has 1 N–H and O–H groups in total. The van der Waals surface area contributed by atoms with Crippen LogP contribution in [-0.2, 0) is 11.2 Å².